The van der Waals surface area contributed by atoms with Crippen LogP contribution < -0.4 is 10.6 Å². The fraction of sp³-hybridized carbons (Fsp3) is 0.500. The molecule has 0 spiro atoms. The van der Waals surface area contributed by atoms with E-state index in [1.807, 2.05) is 33.8 Å². The second-order valence-electron chi connectivity index (χ2n) is 5.30. The number of nitrogens with zero attached hydrogens (tertiary/aromatic N) is 1. The van der Waals surface area contributed by atoms with Gasteiger partial charge in [0.1, 0.15) is 0 Å². The van der Waals surface area contributed by atoms with Gasteiger partial charge in [0.15, 0.2) is 12.0 Å². The number of aryl methyl sites for hydroxylation is 1. The van der Waals surface area contributed by atoms with Crippen molar-refractivity contribution >= 4 is 39.1 Å². The van der Waals surface area contributed by atoms with Crippen LogP contribution in [0.2, 0.25) is 0 Å². The molecule has 0 saturated heterocycles. The number of nitrogens with one attached hydrogen (secondary N) is 2. The molecule has 0 radical (unpaired) electrons. The Morgan fingerprint density at radius 1 is 1.50 bits per heavy atom. The first-order valence-corrected chi connectivity index (χ1v) is 7.30. The van der Waals surface area contributed by atoms with Crippen LogP contribution in [0.3, 0.4) is 0 Å². The summed E-state index contributed by atoms with van der Waals surface area (Å²) in [5, 5.41) is 5.96. The van der Waals surface area contributed by atoms with Crippen LogP contribution in [-0.4, -0.2) is 17.4 Å². The molecule has 1 amide bonds. The van der Waals surface area contributed by atoms with Crippen LogP contribution >= 0.6 is 27.3 Å². The number of carbonyl (C=O) groups excluding carboxylic acids is 1. The summed E-state index contributed by atoms with van der Waals surface area (Å²) in [5.74, 6) is 0.482. The van der Waals surface area contributed by atoms with Gasteiger partial charge in [0.25, 0.3) is 5.91 Å². The van der Waals surface area contributed by atoms with Gasteiger partial charge in [-0.1, -0.05) is 0 Å². The predicted molar refractivity (Wildman–Crippen MR) is 78.0 cm³/mol. The molecule has 1 aromatic heterocycles. The Kier molecular flexibility index (Phi) is 3.51. The molecule has 1 aliphatic rings. The topological polar surface area (TPSA) is 53.5 Å². The molecule has 2 N–H and O–H groups in total. The van der Waals surface area contributed by atoms with Crippen LogP contribution in [0.1, 0.15) is 36.6 Å². The molecule has 2 rings (SSSR count). The van der Waals surface area contributed by atoms with Crippen LogP contribution in [-0.2, 0) is 4.79 Å². The second-order valence-corrected chi connectivity index (χ2v) is 7.44. The van der Waals surface area contributed by atoms with E-state index in [0.29, 0.717) is 5.96 Å². The maximum atomic E-state index is 11.9. The largest absolute Gasteiger partial charge is 0.351 e. The number of amides is 1. The number of aliphatic imine (C=N–C) groups is 1. The smallest absolute Gasteiger partial charge is 0.257 e. The van der Waals surface area contributed by atoms with Gasteiger partial charge in [-0.2, -0.15) is 0 Å². The van der Waals surface area contributed by atoms with Crippen molar-refractivity contribution in [2.45, 2.75) is 39.3 Å². The third kappa shape index (κ3) is 2.92. The van der Waals surface area contributed by atoms with Crippen molar-refractivity contribution in [2.24, 2.45) is 4.99 Å². The molecule has 6 heteroatoms. The Labute approximate surface area is 119 Å². The molecule has 0 aromatic carbocycles. The maximum Gasteiger partial charge on any atom is 0.257 e. The highest BCUT2D eigenvalue weighted by atomic mass is 79.9. The van der Waals surface area contributed by atoms with Crippen LogP contribution in [0.5, 0.6) is 0 Å². The molecule has 18 heavy (non-hydrogen) atoms. The zero-order valence-electron chi connectivity index (χ0n) is 10.8. The molecule has 0 fully saturated rings. The average Bonchev–Trinajstić information content (AvgIpc) is 2.69. The number of guanidine groups is 1. The molecule has 0 aliphatic carbocycles. The van der Waals surface area contributed by atoms with Gasteiger partial charge in [-0.15, -0.1) is 11.3 Å². The van der Waals surface area contributed by atoms with Crippen molar-refractivity contribution in [1.29, 1.82) is 0 Å². The van der Waals surface area contributed by atoms with Crippen LogP contribution in [0.15, 0.2) is 15.5 Å². The summed E-state index contributed by atoms with van der Waals surface area (Å²) in [6, 6.07) is 1.54. The lowest BCUT2D eigenvalue weighted by molar-refractivity contribution is -0.120. The Bertz CT molecular complexity index is 496. The summed E-state index contributed by atoms with van der Waals surface area (Å²) in [6.07, 6.45) is 0. The quantitative estimate of drug-likeness (QED) is 0.832. The third-order valence-electron chi connectivity index (χ3n) is 2.39. The zero-order chi connectivity index (χ0) is 13.5. The summed E-state index contributed by atoms with van der Waals surface area (Å²) in [6.45, 7) is 8.10. The molecular weight excluding hydrogens is 314 g/mol. The summed E-state index contributed by atoms with van der Waals surface area (Å²) < 4.78 is 1.03. The van der Waals surface area contributed by atoms with Gasteiger partial charge in [0.05, 0.1) is 0 Å². The molecule has 1 unspecified atom stereocenters. The normalized spacial score (nSPS) is 19.7. The van der Waals surface area contributed by atoms with Gasteiger partial charge >= 0.3 is 0 Å². The van der Waals surface area contributed by atoms with E-state index in [9.17, 15) is 4.79 Å². The first-order valence-electron chi connectivity index (χ1n) is 5.69. The average molecular weight is 330 g/mol. The minimum absolute atomic E-state index is 0.0736. The minimum atomic E-state index is -0.426. The van der Waals surface area contributed by atoms with Gasteiger partial charge in [0.2, 0.25) is 0 Å². The van der Waals surface area contributed by atoms with Crippen LogP contribution in [0.4, 0.5) is 0 Å². The summed E-state index contributed by atoms with van der Waals surface area (Å²) in [5.41, 5.74) is -0.118. The zero-order valence-corrected chi connectivity index (χ0v) is 13.2. The Morgan fingerprint density at radius 2 is 2.17 bits per heavy atom. The van der Waals surface area contributed by atoms with Gasteiger partial charge in [0, 0.05) is 19.8 Å². The van der Waals surface area contributed by atoms with E-state index in [4.69, 9.17) is 0 Å². The van der Waals surface area contributed by atoms with Gasteiger partial charge in [-0.3, -0.25) is 10.1 Å². The monoisotopic (exact) mass is 329 g/mol. The lowest BCUT2D eigenvalue weighted by Crippen LogP contribution is -2.46. The van der Waals surface area contributed by atoms with Crippen LogP contribution in [0, 0.1) is 6.92 Å². The summed E-state index contributed by atoms with van der Waals surface area (Å²) in [7, 11) is 0. The van der Waals surface area contributed by atoms with E-state index >= 15 is 0 Å². The number of halogens is 1. The summed E-state index contributed by atoms with van der Waals surface area (Å²) >= 11 is 5.05. The van der Waals surface area contributed by atoms with E-state index < -0.39 is 6.04 Å². The SMILES string of the molecule is Cc1sc(C2N=C(NC(C)(C)C)NC2=O)cc1Br. The molecule has 1 aliphatic heterocycles. The van der Waals surface area contributed by atoms with E-state index in [0.717, 1.165) is 14.2 Å². The Balaban J connectivity index is 2.22. The van der Waals surface area contributed by atoms with Crippen molar-refractivity contribution in [3.8, 4) is 0 Å². The highest BCUT2D eigenvalue weighted by Crippen LogP contribution is 2.33. The number of rotatable bonds is 1. The minimum Gasteiger partial charge on any atom is -0.351 e. The van der Waals surface area contributed by atoms with Gasteiger partial charge < -0.3 is 5.32 Å². The van der Waals surface area contributed by atoms with E-state index in [-0.39, 0.29) is 11.4 Å². The highest BCUT2D eigenvalue weighted by molar-refractivity contribution is 9.10. The van der Waals surface area contributed by atoms with Gasteiger partial charge in [-0.25, -0.2) is 4.99 Å². The molecule has 2 heterocycles. The highest BCUT2D eigenvalue weighted by Gasteiger charge is 2.30. The lowest BCUT2D eigenvalue weighted by atomic mass is 10.1. The molecule has 1 atom stereocenters. The number of carbonyl (C=O) groups is 1. The fourth-order valence-electron chi connectivity index (χ4n) is 1.63. The van der Waals surface area contributed by atoms with E-state index in [1.165, 1.54) is 0 Å². The van der Waals surface area contributed by atoms with Crippen molar-refractivity contribution in [2.75, 3.05) is 0 Å². The number of hydrogen-bond donors (Lipinski definition) is 2. The molecule has 4 nitrogen and oxygen atoms in total. The third-order valence-corrected chi connectivity index (χ3v) is 4.58. The van der Waals surface area contributed by atoms with Gasteiger partial charge in [-0.05, 0) is 49.7 Å². The van der Waals surface area contributed by atoms with Crippen LogP contribution in [0.25, 0.3) is 0 Å². The number of hydrogen-bond acceptors (Lipinski definition) is 4. The molecule has 0 saturated carbocycles. The van der Waals surface area contributed by atoms with E-state index in [1.54, 1.807) is 11.3 Å². The van der Waals surface area contributed by atoms with Crippen molar-refractivity contribution in [3.63, 3.8) is 0 Å². The molecule has 1 aromatic rings. The maximum absolute atomic E-state index is 11.9. The number of thiophene rings is 1. The van der Waals surface area contributed by atoms with Crippen molar-refractivity contribution in [3.05, 3.63) is 20.3 Å². The lowest BCUT2D eigenvalue weighted by Gasteiger charge is -2.21. The Morgan fingerprint density at radius 3 is 2.67 bits per heavy atom. The molecule has 98 valence electrons. The van der Waals surface area contributed by atoms with E-state index in [2.05, 4.69) is 31.6 Å². The summed E-state index contributed by atoms with van der Waals surface area (Å²) in [4.78, 5) is 18.4. The first-order chi connectivity index (χ1) is 8.26. The standard InChI is InChI=1S/C12H16BrN3OS/c1-6-7(13)5-8(18-6)9-10(17)15-11(14-9)16-12(2,3)4/h5,9H,1-4H3,(H2,14,15,16,17). The fourth-order valence-corrected chi connectivity index (χ4v) is 3.23. The first kappa shape index (κ1) is 13.5. The predicted octanol–water partition coefficient (Wildman–Crippen LogP) is 2.73. The Hall–Kier alpha value is -0.880. The second kappa shape index (κ2) is 4.66. The van der Waals surface area contributed by atoms with Crippen molar-refractivity contribution in [1.82, 2.24) is 10.6 Å². The molecular formula is C12H16BrN3OS. The molecule has 0 bridgehead atoms. The van der Waals surface area contributed by atoms with Crippen molar-refractivity contribution < 1.29 is 4.79 Å².